The van der Waals surface area contributed by atoms with Crippen molar-refractivity contribution in [3.05, 3.63) is 47.5 Å². The number of halogens is 1. The molecule has 0 saturated carbocycles. The molecule has 0 bridgehead atoms. The highest BCUT2D eigenvalue weighted by Gasteiger charge is 2.30. The van der Waals surface area contributed by atoms with E-state index in [1.54, 1.807) is 21.3 Å². The van der Waals surface area contributed by atoms with Crippen LogP contribution >= 0.6 is 12.4 Å². The molecule has 0 amide bonds. The fourth-order valence-electron chi connectivity index (χ4n) is 4.54. The third-order valence-corrected chi connectivity index (χ3v) is 6.60. The highest BCUT2D eigenvalue weighted by molar-refractivity contribution is 5.85. The summed E-state index contributed by atoms with van der Waals surface area (Å²) in [6.45, 7) is 2.61. The van der Waals surface area contributed by atoms with Gasteiger partial charge in [-0.3, -0.25) is 0 Å². The Morgan fingerprint density at radius 3 is 2.03 bits per heavy atom. The number of rotatable bonds is 12. The molecule has 1 aliphatic rings. The van der Waals surface area contributed by atoms with E-state index in [1.807, 2.05) is 24.3 Å². The second-order valence-electron chi connectivity index (χ2n) is 8.99. The molecule has 1 N–H and O–H groups in total. The molecule has 0 spiro atoms. The summed E-state index contributed by atoms with van der Waals surface area (Å²) in [6, 6.07) is 11.8. The molecule has 190 valence electrons. The average Bonchev–Trinajstić information content (AvgIpc) is 2.99. The van der Waals surface area contributed by atoms with Gasteiger partial charge >= 0.3 is 0 Å². The predicted molar refractivity (Wildman–Crippen MR) is 138 cm³/mol. The van der Waals surface area contributed by atoms with Gasteiger partial charge < -0.3 is 29.0 Å². The van der Waals surface area contributed by atoms with E-state index in [0.717, 1.165) is 81.0 Å². The molecular weight excluding hydrogens is 454 g/mol. The lowest BCUT2D eigenvalue weighted by molar-refractivity contribution is 0.0134. The molecule has 7 heteroatoms. The largest absolute Gasteiger partial charge is 0.497 e. The first-order chi connectivity index (χ1) is 16.0. The summed E-state index contributed by atoms with van der Waals surface area (Å²) in [5.41, 5.74) is 1.91. The van der Waals surface area contributed by atoms with Crippen molar-refractivity contribution in [2.75, 3.05) is 48.1 Å². The van der Waals surface area contributed by atoms with Gasteiger partial charge in [-0.2, -0.15) is 0 Å². The maximum Gasteiger partial charge on any atom is 0.161 e. The van der Waals surface area contributed by atoms with Crippen LogP contribution in [0.25, 0.3) is 0 Å². The molecule has 0 aliphatic heterocycles. The van der Waals surface area contributed by atoms with Crippen LogP contribution < -0.4 is 18.9 Å². The molecule has 0 heterocycles. The number of aliphatic hydroxyl groups is 1. The molecule has 0 unspecified atom stereocenters. The zero-order valence-corrected chi connectivity index (χ0v) is 21.8. The number of methoxy groups -OCH3 is 3. The Morgan fingerprint density at radius 2 is 1.44 bits per heavy atom. The average molecular weight is 494 g/mol. The molecule has 0 aromatic heterocycles. The minimum Gasteiger partial charge on any atom is -0.497 e. The smallest absolute Gasteiger partial charge is 0.161 e. The van der Waals surface area contributed by atoms with Crippen LogP contribution in [0.15, 0.2) is 36.4 Å². The number of hydrogen-bond donors (Lipinski definition) is 1. The summed E-state index contributed by atoms with van der Waals surface area (Å²) in [7, 11) is 7.13. The Balaban J connectivity index is 0.00000408. The topological polar surface area (TPSA) is 60.4 Å². The molecule has 2 aromatic carbocycles. The molecule has 2 aromatic rings. The van der Waals surface area contributed by atoms with Crippen LogP contribution in [0.5, 0.6) is 23.0 Å². The van der Waals surface area contributed by atoms with Crippen molar-refractivity contribution < 1.29 is 24.1 Å². The molecule has 0 fully saturated rings. The van der Waals surface area contributed by atoms with Crippen molar-refractivity contribution in [1.82, 2.24) is 4.90 Å². The van der Waals surface area contributed by atoms with Gasteiger partial charge in [-0.1, -0.05) is 6.07 Å². The monoisotopic (exact) mass is 493 g/mol. The first-order valence-electron chi connectivity index (χ1n) is 11.9. The van der Waals surface area contributed by atoms with E-state index in [1.165, 1.54) is 11.1 Å². The SMILES string of the molecule is COc1cccc(OCCCN(C)CCCC2(O)CCc3cc(OC)c(OC)cc3CC2)c1.Cl. The maximum absolute atomic E-state index is 11.3. The lowest BCUT2D eigenvalue weighted by Crippen LogP contribution is -2.31. The Kier molecular flexibility index (Phi) is 11.3. The Morgan fingerprint density at radius 1 is 0.853 bits per heavy atom. The van der Waals surface area contributed by atoms with Gasteiger partial charge in [0.1, 0.15) is 11.5 Å². The van der Waals surface area contributed by atoms with Crippen molar-refractivity contribution >= 4 is 12.4 Å². The van der Waals surface area contributed by atoms with Gasteiger partial charge in [-0.05, 0) is 93.9 Å². The maximum atomic E-state index is 11.3. The first kappa shape index (κ1) is 28.1. The number of ether oxygens (including phenoxy) is 4. The third kappa shape index (κ3) is 7.97. The molecular formula is C27H40ClNO5. The van der Waals surface area contributed by atoms with Crippen LogP contribution in [0, 0.1) is 0 Å². The second kappa shape index (κ2) is 13.7. The van der Waals surface area contributed by atoms with E-state index in [-0.39, 0.29) is 12.4 Å². The molecule has 1 aliphatic carbocycles. The van der Waals surface area contributed by atoms with E-state index in [2.05, 4.69) is 24.1 Å². The fraction of sp³-hybridized carbons (Fsp3) is 0.556. The summed E-state index contributed by atoms with van der Waals surface area (Å²) in [6.07, 6.45) is 6.05. The lowest BCUT2D eigenvalue weighted by Gasteiger charge is -2.27. The number of fused-ring (bicyclic) bond motifs is 1. The summed E-state index contributed by atoms with van der Waals surface area (Å²) >= 11 is 0. The molecule has 6 nitrogen and oxygen atoms in total. The van der Waals surface area contributed by atoms with Gasteiger partial charge in [0.25, 0.3) is 0 Å². The fourth-order valence-corrected chi connectivity index (χ4v) is 4.54. The van der Waals surface area contributed by atoms with Crippen molar-refractivity contribution in [3.63, 3.8) is 0 Å². The Hall–Kier alpha value is -2.15. The zero-order chi connectivity index (χ0) is 23.7. The van der Waals surface area contributed by atoms with E-state index >= 15 is 0 Å². The van der Waals surface area contributed by atoms with E-state index in [4.69, 9.17) is 18.9 Å². The van der Waals surface area contributed by atoms with Crippen LogP contribution in [-0.4, -0.2) is 63.7 Å². The molecule has 0 radical (unpaired) electrons. The summed E-state index contributed by atoms with van der Waals surface area (Å²) in [4.78, 5) is 2.32. The van der Waals surface area contributed by atoms with Gasteiger partial charge in [0, 0.05) is 12.6 Å². The van der Waals surface area contributed by atoms with Gasteiger partial charge in [0.2, 0.25) is 0 Å². The van der Waals surface area contributed by atoms with Crippen molar-refractivity contribution in [3.8, 4) is 23.0 Å². The van der Waals surface area contributed by atoms with Gasteiger partial charge in [0.05, 0.1) is 33.5 Å². The van der Waals surface area contributed by atoms with E-state index in [9.17, 15) is 5.11 Å². The normalized spacial score (nSPS) is 14.5. The van der Waals surface area contributed by atoms with Crippen LogP contribution in [0.4, 0.5) is 0 Å². The van der Waals surface area contributed by atoms with Crippen molar-refractivity contribution in [2.45, 2.75) is 50.5 Å². The number of benzene rings is 2. The standard InChI is InChI=1S/C27H39NO5.ClH/c1-28(16-7-17-33-24-9-5-8-23(20-24)30-2)15-6-12-27(29)13-10-21-18-25(31-3)26(32-4)19-22(21)11-14-27;/h5,8-9,18-20,29H,6-7,10-17H2,1-4H3;1H. The number of nitrogens with zero attached hydrogens (tertiary/aromatic N) is 1. The van der Waals surface area contributed by atoms with Crippen LogP contribution in [-0.2, 0) is 12.8 Å². The second-order valence-corrected chi connectivity index (χ2v) is 8.99. The lowest BCUT2D eigenvalue weighted by atomic mass is 9.89. The molecule has 0 atom stereocenters. The highest BCUT2D eigenvalue weighted by Crippen LogP contribution is 2.37. The van der Waals surface area contributed by atoms with Crippen LogP contribution in [0.2, 0.25) is 0 Å². The summed E-state index contributed by atoms with van der Waals surface area (Å²) < 4.78 is 22.0. The summed E-state index contributed by atoms with van der Waals surface area (Å²) in [5, 5.41) is 11.3. The first-order valence-corrected chi connectivity index (χ1v) is 11.9. The highest BCUT2D eigenvalue weighted by atomic mass is 35.5. The number of hydrogen-bond acceptors (Lipinski definition) is 6. The van der Waals surface area contributed by atoms with Gasteiger partial charge in [-0.15, -0.1) is 12.4 Å². The van der Waals surface area contributed by atoms with Crippen LogP contribution in [0.1, 0.15) is 43.2 Å². The van der Waals surface area contributed by atoms with Gasteiger partial charge in [0.15, 0.2) is 11.5 Å². The minimum atomic E-state index is -0.615. The number of aryl methyl sites for hydroxylation is 2. The Bertz CT molecular complexity index is 856. The van der Waals surface area contributed by atoms with Crippen molar-refractivity contribution in [2.24, 2.45) is 0 Å². The van der Waals surface area contributed by atoms with Gasteiger partial charge in [-0.25, -0.2) is 0 Å². The summed E-state index contributed by atoms with van der Waals surface area (Å²) in [5.74, 6) is 3.17. The van der Waals surface area contributed by atoms with E-state index in [0.29, 0.717) is 6.61 Å². The minimum absolute atomic E-state index is 0. The third-order valence-electron chi connectivity index (χ3n) is 6.60. The van der Waals surface area contributed by atoms with Crippen molar-refractivity contribution in [1.29, 1.82) is 0 Å². The zero-order valence-electron chi connectivity index (χ0n) is 21.0. The Labute approximate surface area is 210 Å². The quantitative estimate of drug-likeness (QED) is 0.334. The molecule has 34 heavy (non-hydrogen) atoms. The van der Waals surface area contributed by atoms with E-state index < -0.39 is 5.60 Å². The molecule has 0 saturated heterocycles. The molecule has 3 rings (SSSR count). The van der Waals surface area contributed by atoms with Crippen LogP contribution in [0.3, 0.4) is 0 Å². The predicted octanol–water partition coefficient (Wildman–Crippen LogP) is 4.93.